The highest BCUT2D eigenvalue weighted by atomic mass is 16.6. The first-order valence-corrected chi connectivity index (χ1v) is 11.7. The molecule has 2 aromatic rings. The van der Waals surface area contributed by atoms with Gasteiger partial charge in [0.25, 0.3) is 5.69 Å². The molecule has 0 saturated carbocycles. The highest BCUT2D eigenvalue weighted by Gasteiger charge is 2.44. The molecule has 9 heteroatoms. The summed E-state index contributed by atoms with van der Waals surface area (Å²) >= 11 is 0. The first-order chi connectivity index (χ1) is 17.3. The molecule has 1 heterocycles. The molecule has 0 spiro atoms. The number of benzene rings is 2. The van der Waals surface area contributed by atoms with Crippen molar-refractivity contribution >= 4 is 23.2 Å². The third-order valence-electron chi connectivity index (χ3n) is 6.77. The highest BCUT2D eigenvalue weighted by molar-refractivity contribution is 6.09. The molecule has 1 aliphatic carbocycles. The summed E-state index contributed by atoms with van der Waals surface area (Å²) < 4.78 is 16.1. The molecule has 0 radical (unpaired) electrons. The van der Waals surface area contributed by atoms with Gasteiger partial charge < -0.3 is 14.2 Å². The van der Waals surface area contributed by atoms with Crippen LogP contribution in [0.4, 0.5) is 5.69 Å². The Morgan fingerprint density at radius 2 is 1.72 bits per heavy atom. The van der Waals surface area contributed by atoms with E-state index in [4.69, 9.17) is 19.2 Å². The van der Waals surface area contributed by atoms with E-state index in [1.54, 1.807) is 40.2 Å². The molecule has 0 aromatic heterocycles. The minimum Gasteiger partial charge on any atom is -0.493 e. The van der Waals surface area contributed by atoms with Gasteiger partial charge in [0, 0.05) is 41.5 Å². The van der Waals surface area contributed by atoms with Gasteiger partial charge in [-0.2, -0.15) is 0 Å². The van der Waals surface area contributed by atoms with Crippen molar-refractivity contribution in [2.45, 2.75) is 38.5 Å². The molecule has 9 nitrogen and oxygen atoms in total. The Balaban J connectivity index is 1.78. The molecule has 2 aromatic carbocycles. The zero-order chi connectivity index (χ0) is 26.0. The van der Waals surface area contributed by atoms with Crippen molar-refractivity contribution in [1.82, 2.24) is 0 Å². The molecule has 0 N–H and O–H groups in total. The molecule has 4 rings (SSSR count). The van der Waals surface area contributed by atoms with Crippen molar-refractivity contribution in [3.05, 3.63) is 75.0 Å². The largest absolute Gasteiger partial charge is 0.493 e. The summed E-state index contributed by atoms with van der Waals surface area (Å²) in [5.74, 6) is -0.928. The number of nitro groups is 1. The third-order valence-corrected chi connectivity index (χ3v) is 6.77. The standard InChI is InChI=1S/C27H28N2O7/c1-5-36-27(31)24-15(2)28-20-12-18(17-8-11-22(34-3)23(14-17)35-4)13-21(30)26(20)25(24)16-6-9-19(10-7-16)29(32)33/h6-11,14,18,24-25H,5,12-13H2,1-4H3. The number of non-ortho nitro benzene ring substituents is 1. The minimum absolute atomic E-state index is 0.0645. The summed E-state index contributed by atoms with van der Waals surface area (Å²) in [4.78, 5) is 42.0. The second-order valence-electron chi connectivity index (χ2n) is 8.81. The smallest absolute Gasteiger partial charge is 0.315 e. The Morgan fingerprint density at radius 3 is 2.33 bits per heavy atom. The normalized spacial score (nSPS) is 21.4. The fourth-order valence-corrected chi connectivity index (χ4v) is 5.10. The van der Waals surface area contributed by atoms with E-state index in [-0.39, 0.29) is 30.4 Å². The number of hydrogen-bond donors (Lipinski definition) is 0. The van der Waals surface area contributed by atoms with Gasteiger partial charge in [0.2, 0.25) is 0 Å². The molecule has 1 aliphatic heterocycles. The van der Waals surface area contributed by atoms with Gasteiger partial charge in [-0.25, -0.2) is 0 Å². The third kappa shape index (κ3) is 4.60. The SMILES string of the molecule is CCOC(=O)C1C(C)=NC2=C(C(=O)CC(c3ccc(OC)c(OC)c3)C2)C1c1ccc([N+](=O)[O-])cc1. The lowest BCUT2D eigenvalue weighted by Crippen LogP contribution is -2.38. The van der Waals surface area contributed by atoms with Gasteiger partial charge in [-0.05, 0) is 49.4 Å². The number of nitro benzene ring substituents is 1. The van der Waals surface area contributed by atoms with Crippen molar-refractivity contribution in [3.8, 4) is 11.5 Å². The number of ketones is 1. The molecule has 0 fully saturated rings. The second-order valence-corrected chi connectivity index (χ2v) is 8.81. The lowest BCUT2D eigenvalue weighted by Gasteiger charge is -2.36. The van der Waals surface area contributed by atoms with Crippen LogP contribution in [0.1, 0.15) is 49.7 Å². The maximum absolute atomic E-state index is 13.6. The van der Waals surface area contributed by atoms with Crippen LogP contribution in [0.15, 0.2) is 58.7 Å². The molecule has 0 saturated heterocycles. The van der Waals surface area contributed by atoms with Crippen molar-refractivity contribution in [2.24, 2.45) is 10.9 Å². The summed E-state index contributed by atoms with van der Waals surface area (Å²) in [5.41, 5.74) is 3.16. The maximum atomic E-state index is 13.6. The van der Waals surface area contributed by atoms with Gasteiger partial charge in [0.1, 0.15) is 5.92 Å². The van der Waals surface area contributed by atoms with Gasteiger partial charge in [-0.15, -0.1) is 0 Å². The lowest BCUT2D eigenvalue weighted by molar-refractivity contribution is -0.384. The topological polar surface area (TPSA) is 117 Å². The predicted molar refractivity (Wildman–Crippen MR) is 133 cm³/mol. The quantitative estimate of drug-likeness (QED) is 0.311. The zero-order valence-corrected chi connectivity index (χ0v) is 20.6. The number of Topliss-reactive ketones (excluding diaryl/α,β-unsaturated/α-hetero) is 1. The molecule has 0 amide bonds. The minimum atomic E-state index is -0.785. The van der Waals surface area contributed by atoms with Gasteiger partial charge in [0.05, 0.1) is 25.7 Å². The molecule has 3 atom stereocenters. The van der Waals surface area contributed by atoms with Crippen molar-refractivity contribution in [3.63, 3.8) is 0 Å². The first-order valence-electron chi connectivity index (χ1n) is 11.7. The number of nitrogens with zero attached hydrogens (tertiary/aromatic N) is 2. The maximum Gasteiger partial charge on any atom is 0.315 e. The number of carbonyl (C=O) groups excluding carboxylic acids is 2. The van der Waals surface area contributed by atoms with Crippen LogP contribution in [0.25, 0.3) is 0 Å². The molecule has 2 aliphatic rings. The Hall–Kier alpha value is -4.01. The molecular formula is C27H28N2O7. The zero-order valence-electron chi connectivity index (χ0n) is 20.6. The van der Waals surface area contributed by atoms with Gasteiger partial charge in [-0.3, -0.25) is 24.7 Å². The van der Waals surface area contributed by atoms with Crippen LogP contribution < -0.4 is 9.47 Å². The Kier molecular flexibility index (Phi) is 7.19. The van der Waals surface area contributed by atoms with Crippen LogP contribution in [0.5, 0.6) is 11.5 Å². The van der Waals surface area contributed by atoms with E-state index >= 15 is 0 Å². The van der Waals surface area contributed by atoms with E-state index in [9.17, 15) is 19.7 Å². The van der Waals surface area contributed by atoms with E-state index in [0.717, 1.165) is 5.56 Å². The molecule has 0 bridgehead atoms. The summed E-state index contributed by atoms with van der Waals surface area (Å²) in [6.45, 7) is 3.67. The van der Waals surface area contributed by atoms with Gasteiger partial charge in [0.15, 0.2) is 17.3 Å². The van der Waals surface area contributed by atoms with Crippen LogP contribution in [-0.4, -0.2) is 43.2 Å². The number of esters is 1. The van der Waals surface area contributed by atoms with Crippen molar-refractivity contribution in [1.29, 1.82) is 0 Å². The summed E-state index contributed by atoms with van der Waals surface area (Å²) in [6, 6.07) is 11.6. The van der Waals surface area contributed by atoms with E-state index in [1.807, 2.05) is 18.2 Å². The van der Waals surface area contributed by atoms with Crippen molar-refractivity contribution in [2.75, 3.05) is 20.8 Å². The number of rotatable bonds is 7. The average Bonchev–Trinajstić information content (AvgIpc) is 2.87. The number of ether oxygens (including phenoxy) is 3. The Labute approximate surface area is 208 Å². The summed E-state index contributed by atoms with van der Waals surface area (Å²) in [7, 11) is 3.13. The second kappa shape index (κ2) is 10.3. The van der Waals surface area contributed by atoms with Gasteiger partial charge in [-0.1, -0.05) is 18.2 Å². The number of hydrogen-bond acceptors (Lipinski definition) is 8. The van der Waals surface area contributed by atoms with Crippen LogP contribution in [0.3, 0.4) is 0 Å². The number of aliphatic imine (C=N–C) groups is 1. The van der Waals surface area contributed by atoms with E-state index < -0.39 is 22.7 Å². The first kappa shape index (κ1) is 25.1. The fraction of sp³-hybridized carbons (Fsp3) is 0.370. The number of methoxy groups -OCH3 is 2. The molecule has 36 heavy (non-hydrogen) atoms. The molecule has 3 unspecified atom stereocenters. The van der Waals surface area contributed by atoms with Crippen LogP contribution in [0.2, 0.25) is 0 Å². The number of allylic oxidation sites excluding steroid dienone is 2. The monoisotopic (exact) mass is 492 g/mol. The fourth-order valence-electron chi connectivity index (χ4n) is 5.10. The lowest BCUT2D eigenvalue weighted by atomic mass is 9.69. The predicted octanol–water partition coefficient (Wildman–Crippen LogP) is 4.75. The summed E-state index contributed by atoms with van der Waals surface area (Å²) in [6.07, 6.45) is 0.745. The average molecular weight is 493 g/mol. The van der Waals surface area contributed by atoms with Crippen LogP contribution >= 0.6 is 0 Å². The van der Waals surface area contributed by atoms with E-state index in [0.29, 0.717) is 40.5 Å². The molecule has 188 valence electrons. The summed E-state index contributed by atoms with van der Waals surface area (Å²) in [5, 5.41) is 11.2. The van der Waals surface area contributed by atoms with E-state index in [2.05, 4.69) is 0 Å². The van der Waals surface area contributed by atoms with Gasteiger partial charge >= 0.3 is 5.97 Å². The number of carbonyl (C=O) groups is 2. The Morgan fingerprint density at radius 1 is 1.06 bits per heavy atom. The molecular weight excluding hydrogens is 464 g/mol. The Bertz CT molecular complexity index is 1260. The van der Waals surface area contributed by atoms with Crippen molar-refractivity contribution < 1.29 is 28.7 Å². The van der Waals surface area contributed by atoms with Crippen LogP contribution in [-0.2, 0) is 14.3 Å². The van der Waals surface area contributed by atoms with E-state index in [1.165, 1.54) is 12.1 Å². The highest BCUT2D eigenvalue weighted by Crippen LogP contribution is 2.47. The van der Waals surface area contributed by atoms with Crippen LogP contribution in [0, 0.1) is 16.0 Å².